The molecule has 0 bridgehead atoms. The zero-order valence-electron chi connectivity index (χ0n) is 9.65. The van der Waals surface area contributed by atoms with Gasteiger partial charge in [0.2, 0.25) is 0 Å². The fourth-order valence-electron chi connectivity index (χ4n) is 1.96. The van der Waals surface area contributed by atoms with Crippen LogP contribution in [0.1, 0.15) is 5.56 Å². The summed E-state index contributed by atoms with van der Waals surface area (Å²) in [6.45, 7) is 3.77. The second kappa shape index (κ2) is 4.31. The van der Waals surface area contributed by atoms with E-state index in [9.17, 15) is 0 Å². The third-order valence-electron chi connectivity index (χ3n) is 2.91. The molecule has 0 aliphatic heterocycles. The first kappa shape index (κ1) is 11.1. The summed E-state index contributed by atoms with van der Waals surface area (Å²) < 4.78 is 0. The first-order valence-corrected chi connectivity index (χ1v) is 6.01. The summed E-state index contributed by atoms with van der Waals surface area (Å²) >= 11 is 6.30. The number of fused-ring (bicyclic) bond motifs is 1. The number of benzene rings is 1. The van der Waals surface area contributed by atoms with Crippen LogP contribution in [0.25, 0.3) is 28.2 Å². The van der Waals surface area contributed by atoms with E-state index in [1.165, 1.54) is 0 Å². The predicted molar refractivity (Wildman–Crippen MR) is 76.6 cm³/mol. The third-order valence-corrected chi connectivity index (χ3v) is 3.23. The van der Waals surface area contributed by atoms with Gasteiger partial charge in [-0.2, -0.15) is 0 Å². The Bertz CT molecular complexity index is 715. The van der Waals surface area contributed by atoms with Crippen molar-refractivity contribution in [1.82, 2.24) is 9.97 Å². The van der Waals surface area contributed by atoms with Crippen LogP contribution in [0.2, 0.25) is 5.02 Å². The fourth-order valence-corrected chi connectivity index (χ4v) is 2.22. The van der Waals surface area contributed by atoms with Gasteiger partial charge in [-0.3, -0.25) is 0 Å². The van der Waals surface area contributed by atoms with Crippen molar-refractivity contribution in [3.63, 3.8) is 0 Å². The van der Waals surface area contributed by atoms with Crippen molar-refractivity contribution < 1.29 is 0 Å². The first-order valence-electron chi connectivity index (χ1n) is 5.64. The molecule has 0 aliphatic carbocycles. The largest absolute Gasteiger partial charge is 0.367 e. The number of aromatic amines is 1. The van der Waals surface area contributed by atoms with Crippen molar-refractivity contribution in [2.75, 3.05) is 0 Å². The first-order chi connectivity index (χ1) is 8.78. The van der Waals surface area contributed by atoms with Gasteiger partial charge >= 0.3 is 0 Å². The molecule has 2 nitrogen and oxygen atoms in total. The highest BCUT2D eigenvalue weighted by atomic mass is 35.5. The van der Waals surface area contributed by atoms with Gasteiger partial charge in [-0.05, 0) is 23.8 Å². The summed E-state index contributed by atoms with van der Waals surface area (Å²) in [5.41, 5.74) is 3.83. The van der Waals surface area contributed by atoms with Crippen LogP contribution in [0.5, 0.6) is 0 Å². The lowest BCUT2D eigenvalue weighted by Crippen LogP contribution is -1.86. The normalized spacial score (nSPS) is 10.7. The summed E-state index contributed by atoms with van der Waals surface area (Å²) in [5.74, 6) is 0. The number of H-pyrrole nitrogens is 1. The van der Waals surface area contributed by atoms with Crippen molar-refractivity contribution in [3.8, 4) is 11.3 Å². The van der Waals surface area contributed by atoms with Crippen LogP contribution in [0.3, 0.4) is 0 Å². The molecule has 1 N–H and O–H groups in total. The minimum absolute atomic E-state index is 0.715. The molecule has 3 aromatic rings. The molecule has 0 amide bonds. The van der Waals surface area contributed by atoms with E-state index in [2.05, 4.69) is 16.5 Å². The van der Waals surface area contributed by atoms with Crippen molar-refractivity contribution in [3.05, 3.63) is 59.9 Å². The van der Waals surface area contributed by atoms with E-state index >= 15 is 0 Å². The third kappa shape index (κ3) is 1.81. The second-order valence-corrected chi connectivity index (χ2v) is 4.48. The maximum atomic E-state index is 6.30. The molecule has 2 heterocycles. The highest BCUT2D eigenvalue weighted by molar-refractivity contribution is 6.35. The molecule has 88 valence electrons. The van der Waals surface area contributed by atoms with Crippen LogP contribution >= 0.6 is 11.6 Å². The second-order valence-electron chi connectivity index (χ2n) is 4.07. The van der Waals surface area contributed by atoms with Crippen molar-refractivity contribution >= 4 is 28.6 Å². The molecule has 0 aliphatic rings. The average Bonchev–Trinajstić information content (AvgIpc) is 2.91. The molecule has 0 fully saturated rings. The predicted octanol–water partition coefficient (Wildman–Crippen LogP) is 4.53. The van der Waals surface area contributed by atoms with Gasteiger partial charge in [0.1, 0.15) is 0 Å². The quantitative estimate of drug-likeness (QED) is 0.715. The smallest absolute Gasteiger partial charge is 0.0739 e. The zero-order chi connectivity index (χ0) is 12.5. The average molecular weight is 255 g/mol. The Kier molecular flexibility index (Phi) is 2.65. The number of nitrogens with zero attached hydrogens (tertiary/aromatic N) is 1. The lowest BCUT2D eigenvalue weighted by Gasteiger charge is -2.05. The van der Waals surface area contributed by atoms with Gasteiger partial charge in [0.25, 0.3) is 0 Å². The van der Waals surface area contributed by atoms with Crippen molar-refractivity contribution in [2.45, 2.75) is 0 Å². The molecule has 3 heteroatoms. The van der Waals surface area contributed by atoms with Crippen molar-refractivity contribution in [1.29, 1.82) is 0 Å². The number of hydrogen-bond donors (Lipinski definition) is 1. The van der Waals surface area contributed by atoms with Crippen LogP contribution in [0, 0.1) is 0 Å². The van der Waals surface area contributed by atoms with E-state index < -0.39 is 0 Å². The molecule has 3 rings (SSSR count). The summed E-state index contributed by atoms with van der Waals surface area (Å²) in [6, 6.07) is 9.81. The minimum Gasteiger partial charge on any atom is -0.367 e. The van der Waals surface area contributed by atoms with E-state index in [1.807, 2.05) is 42.7 Å². The Hall–Kier alpha value is -2.06. The Morgan fingerprint density at radius 2 is 2.11 bits per heavy atom. The lowest BCUT2D eigenvalue weighted by atomic mass is 10.1. The van der Waals surface area contributed by atoms with Crippen LogP contribution in [0.4, 0.5) is 0 Å². The number of pyridine rings is 1. The van der Waals surface area contributed by atoms with E-state index in [1.54, 1.807) is 6.08 Å². The van der Waals surface area contributed by atoms with Gasteiger partial charge < -0.3 is 4.98 Å². The molecular formula is C15H11ClN2. The Morgan fingerprint density at radius 3 is 2.83 bits per heavy atom. The molecule has 0 radical (unpaired) electrons. The molecule has 1 aromatic carbocycles. The molecule has 0 atom stereocenters. The van der Waals surface area contributed by atoms with Crippen LogP contribution in [-0.4, -0.2) is 9.97 Å². The molecule has 2 aromatic heterocycles. The lowest BCUT2D eigenvalue weighted by molar-refractivity contribution is 1.38. The number of aromatic nitrogens is 2. The molecule has 18 heavy (non-hydrogen) atoms. The van der Waals surface area contributed by atoms with Gasteiger partial charge in [-0.1, -0.05) is 36.4 Å². The Balaban J connectivity index is 2.28. The van der Waals surface area contributed by atoms with E-state index in [0.29, 0.717) is 5.02 Å². The minimum atomic E-state index is 0.715. The monoisotopic (exact) mass is 254 g/mol. The van der Waals surface area contributed by atoms with Gasteiger partial charge in [0.15, 0.2) is 0 Å². The van der Waals surface area contributed by atoms with Crippen LogP contribution in [0.15, 0.2) is 49.3 Å². The maximum Gasteiger partial charge on any atom is 0.0739 e. The molecule has 0 saturated carbocycles. The summed E-state index contributed by atoms with van der Waals surface area (Å²) in [6.07, 6.45) is 5.58. The maximum absolute atomic E-state index is 6.30. The van der Waals surface area contributed by atoms with Crippen LogP contribution < -0.4 is 0 Å². The SMILES string of the molecule is C=Cc1ccc2c(Cl)cc(-c3cc[nH]c3)nc2c1. The molecular weight excluding hydrogens is 244 g/mol. The number of rotatable bonds is 2. The van der Waals surface area contributed by atoms with Gasteiger partial charge in [0.05, 0.1) is 16.2 Å². The summed E-state index contributed by atoms with van der Waals surface area (Å²) in [5, 5.41) is 1.67. The van der Waals surface area contributed by atoms with Gasteiger partial charge in [-0.15, -0.1) is 0 Å². The highest BCUT2D eigenvalue weighted by Gasteiger charge is 2.06. The molecule has 0 saturated heterocycles. The highest BCUT2D eigenvalue weighted by Crippen LogP contribution is 2.28. The molecule has 0 unspecified atom stereocenters. The molecule has 0 spiro atoms. The van der Waals surface area contributed by atoms with Crippen LogP contribution in [-0.2, 0) is 0 Å². The number of halogens is 1. The summed E-state index contributed by atoms with van der Waals surface area (Å²) in [4.78, 5) is 7.65. The van der Waals surface area contributed by atoms with E-state index in [-0.39, 0.29) is 0 Å². The Labute approximate surface area is 110 Å². The van der Waals surface area contributed by atoms with Gasteiger partial charge in [0, 0.05) is 23.3 Å². The van der Waals surface area contributed by atoms with E-state index in [0.717, 1.165) is 27.7 Å². The standard InChI is InChI=1S/C15H11ClN2/c1-2-10-3-4-12-13(16)8-14(18-15(12)7-10)11-5-6-17-9-11/h2-9,17H,1H2. The zero-order valence-corrected chi connectivity index (χ0v) is 10.4. The van der Waals surface area contributed by atoms with Gasteiger partial charge in [-0.25, -0.2) is 4.98 Å². The topological polar surface area (TPSA) is 28.7 Å². The van der Waals surface area contributed by atoms with E-state index in [4.69, 9.17) is 11.6 Å². The number of nitrogens with one attached hydrogen (secondary N) is 1. The van der Waals surface area contributed by atoms with Crippen molar-refractivity contribution in [2.24, 2.45) is 0 Å². The summed E-state index contributed by atoms with van der Waals surface area (Å²) in [7, 11) is 0. The Morgan fingerprint density at radius 1 is 1.22 bits per heavy atom. The number of hydrogen-bond acceptors (Lipinski definition) is 1. The fraction of sp³-hybridized carbons (Fsp3) is 0.